The lowest BCUT2D eigenvalue weighted by molar-refractivity contribution is -0.122. The van der Waals surface area contributed by atoms with E-state index in [1.807, 2.05) is 20.8 Å². The van der Waals surface area contributed by atoms with E-state index < -0.39 is 0 Å². The lowest BCUT2D eigenvalue weighted by Crippen LogP contribution is -2.33. The van der Waals surface area contributed by atoms with Gasteiger partial charge in [0.05, 0.1) is 6.10 Å². The van der Waals surface area contributed by atoms with Crippen molar-refractivity contribution in [2.24, 2.45) is 11.3 Å². The maximum absolute atomic E-state index is 11.2. The molecule has 1 aliphatic rings. The number of aliphatic hydroxyl groups is 1. The molecule has 1 atom stereocenters. The van der Waals surface area contributed by atoms with Crippen molar-refractivity contribution < 1.29 is 9.90 Å². The molecule has 0 radical (unpaired) electrons. The summed E-state index contributed by atoms with van der Waals surface area (Å²) in [5.74, 6) is 0.424. The first kappa shape index (κ1) is 11.5. The van der Waals surface area contributed by atoms with Gasteiger partial charge in [0.1, 0.15) is 0 Å². The monoisotopic (exact) mass is 199 g/mol. The lowest BCUT2D eigenvalue weighted by atomic mass is 9.87. The van der Waals surface area contributed by atoms with Gasteiger partial charge >= 0.3 is 0 Å². The zero-order chi connectivity index (χ0) is 10.8. The normalized spacial score (nSPS) is 19.1. The first-order valence-corrected chi connectivity index (χ1v) is 5.37. The lowest BCUT2D eigenvalue weighted by Gasteiger charge is -2.25. The molecule has 0 aliphatic heterocycles. The predicted molar refractivity (Wildman–Crippen MR) is 55.8 cm³/mol. The first-order valence-electron chi connectivity index (χ1n) is 5.37. The zero-order valence-corrected chi connectivity index (χ0v) is 9.34. The number of aliphatic hydroxyl groups excluding tert-OH is 1. The number of carbonyl (C=O) groups is 1. The molecule has 1 rings (SSSR count). The topological polar surface area (TPSA) is 49.3 Å². The van der Waals surface area contributed by atoms with Gasteiger partial charge in [-0.1, -0.05) is 20.8 Å². The molecule has 3 heteroatoms. The molecule has 2 N–H and O–H groups in total. The summed E-state index contributed by atoms with van der Waals surface area (Å²) in [6.45, 7) is 6.59. The Balaban J connectivity index is 2.11. The summed E-state index contributed by atoms with van der Waals surface area (Å²) in [6, 6.07) is 0. The highest BCUT2D eigenvalue weighted by Crippen LogP contribution is 2.28. The number of carbonyl (C=O) groups excluding carboxylic acids is 1. The van der Waals surface area contributed by atoms with Gasteiger partial charge in [0, 0.05) is 12.5 Å². The SMILES string of the molecule is CC(C)(C)[C@@H](O)CCNC(=O)C1CC1. The Morgan fingerprint density at radius 1 is 1.50 bits per heavy atom. The van der Waals surface area contributed by atoms with Gasteiger partial charge in [-0.15, -0.1) is 0 Å². The van der Waals surface area contributed by atoms with E-state index in [0.717, 1.165) is 12.8 Å². The minimum Gasteiger partial charge on any atom is -0.393 e. The van der Waals surface area contributed by atoms with Crippen LogP contribution in [0, 0.1) is 11.3 Å². The summed E-state index contributed by atoms with van der Waals surface area (Å²) < 4.78 is 0. The molecule has 1 saturated carbocycles. The maximum Gasteiger partial charge on any atom is 0.223 e. The van der Waals surface area contributed by atoms with Crippen LogP contribution >= 0.6 is 0 Å². The number of amides is 1. The molecule has 0 spiro atoms. The molecule has 0 unspecified atom stereocenters. The summed E-state index contributed by atoms with van der Waals surface area (Å²) >= 11 is 0. The highest BCUT2D eigenvalue weighted by atomic mass is 16.3. The Kier molecular flexibility index (Phi) is 3.53. The van der Waals surface area contributed by atoms with Crippen LogP contribution in [0.3, 0.4) is 0 Å². The van der Waals surface area contributed by atoms with Gasteiger partial charge in [0.15, 0.2) is 0 Å². The van der Waals surface area contributed by atoms with Gasteiger partial charge in [-0.25, -0.2) is 0 Å². The predicted octanol–water partition coefficient (Wildman–Crippen LogP) is 1.31. The maximum atomic E-state index is 11.2. The molecule has 0 aromatic carbocycles. The van der Waals surface area contributed by atoms with Crippen molar-refractivity contribution in [3.63, 3.8) is 0 Å². The Morgan fingerprint density at radius 3 is 2.50 bits per heavy atom. The molecule has 0 heterocycles. The van der Waals surface area contributed by atoms with Crippen molar-refractivity contribution in [2.75, 3.05) is 6.54 Å². The van der Waals surface area contributed by atoms with E-state index in [4.69, 9.17) is 0 Å². The molecule has 0 bridgehead atoms. The molecule has 0 aromatic heterocycles. The fourth-order valence-electron chi connectivity index (χ4n) is 1.25. The largest absolute Gasteiger partial charge is 0.393 e. The number of nitrogens with one attached hydrogen (secondary N) is 1. The molecule has 1 aliphatic carbocycles. The van der Waals surface area contributed by atoms with Gasteiger partial charge in [-0.2, -0.15) is 0 Å². The van der Waals surface area contributed by atoms with Crippen LogP contribution in [0.2, 0.25) is 0 Å². The van der Waals surface area contributed by atoms with Gasteiger partial charge in [0.25, 0.3) is 0 Å². The average molecular weight is 199 g/mol. The highest BCUT2D eigenvalue weighted by Gasteiger charge is 2.29. The molecule has 1 amide bonds. The minimum absolute atomic E-state index is 0.0929. The second kappa shape index (κ2) is 4.30. The summed E-state index contributed by atoms with van der Waals surface area (Å²) in [4.78, 5) is 11.2. The van der Waals surface area contributed by atoms with Crippen LogP contribution in [0.1, 0.15) is 40.0 Å². The van der Waals surface area contributed by atoms with Crippen molar-refractivity contribution in [3.05, 3.63) is 0 Å². The minimum atomic E-state index is -0.345. The van der Waals surface area contributed by atoms with Crippen LogP contribution in [-0.2, 0) is 4.79 Å². The van der Waals surface area contributed by atoms with E-state index in [1.54, 1.807) is 0 Å². The molecule has 0 aromatic rings. The molecular weight excluding hydrogens is 178 g/mol. The van der Waals surface area contributed by atoms with Crippen molar-refractivity contribution >= 4 is 5.91 Å². The van der Waals surface area contributed by atoms with E-state index in [2.05, 4.69) is 5.32 Å². The molecule has 1 fully saturated rings. The zero-order valence-electron chi connectivity index (χ0n) is 9.34. The Bertz CT molecular complexity index is 204. The third kappa shape index (κ3) is 3.66. The first-order chi connectivity index (χ1) is 6.41. The second-order valence-corrected chi connectivity index (χ2v) is 5.24. The van der Waals surface area contributed by atoms with Crippen molar-refractivity contribution in [1.82, 2.24) is 5.32 Å². The fourth-order valence-corrected chi connectivity index (χ4v) is 1.25. The summed E-state index contributed by atoms with van der Waals surface area (Å²) in [5.41, 5.74) is -0.0929. The van der Waals surface area contributed by atoms with E-state index >= 15 is 0 Å². The Morgan fingerprint density at radius 2 is 2.07 bits per heavy atom. The molecule has 0 saturated heterocycles. The van der Waals surface area contributed by atoms with Gasteiger partial charge in [-0.05, 0) is 24.7 Å². The highest BCUT2D eigenvalue weighted by molar-refractivity contribution is 5.80. The molecule has 82 valence electrons. The fraction of sp³-hybridized carbons (Fsp3) is 0.909. The van der Waals surface area contributed by atoms with Crippen LogP contribution in [0.25, 0.3) is 0 Å². The smallest absolute Gasteiger partial charge is 0.223 e. The second-order valence-electron chi connectivity index (χ2n) is 5.24. The molecule has 14 heavy (non-hydrogen) atoms. The summed E-state index contributed by atoms with van der Waals surface area (Å²) in [5, 5.41) is 12.6. The average Bonchev–Trinajstić information content (AvgIpc) is 2.84. The molecular formula is C11H21NO2. The van der Waals surface area contributed by atoms with Crippen LogP contribution in [0.15, 0.2) is 0 Å². The van der Waals surface area contributed by atoms with E-state index in [9.17, 15) is 9.90 Å². The van der Waals surface area contributed by atoms with E-state index in [1.165, 1.54) is 0 Å². The quantitative estimate of drug-likeness (QED) is 0.717. The van der Waals surface area contributed by atoms with E-state index in [-0.39, 0.29) is 23.3 Å². The Labute approximate surface area is 85.9 Å². The van der Waals surface area contributed by atoms with Crippen LogP contribution in [0.5, 0.6) is 0 Å². The Hall–Kier alpha value is -0.570. The summed E-state index contributed by atoms with van der Waals surface area (Å²) in [6.07, 6.45) is 2.37. The standard InChI is InChI=1S/C11H21NO2/c1-11(2,3)9(13)6-7-12-10(14)8-4-5-8/h8-9,13H,4-7H2,1-3H3,(H,12,14)/t9-/m0/s1. The van der Waals surface area contributed by atoms with Crippen molar-refractivity contribution in [2.45, 2.75) is 46.1 Å². The van der Waals surface area contributed by atoms with E-state index in [0.29, 0.717) is 13.0 Å². The van der Waals surface area contributed by atoms with Crippen molar-refractivity contribution in [3.8, 4) is 0 Å². The third-order valence-corrected chi connectivity index (χ3v) is 2.66. The third-order valence-electron chi connectivity index (χ3n) is 2.66. The van der Waals surface area contributed by atoms with Gasteiger partial charge in [0.2, 0.25) is 5.91 Å². The van der Waals surface area contributed by atoms with Crippen LogP contribution in [-0.4, -0.2) is 23.7 Å². The van der Waals surface area contributed by atoms with Crippen molar-refractivity contribution in [1.29, 1.82) is 0 Å². The van der Waals surface area contributed by atoms with Gasteiger partial charge < -0.3 is 10.4 Å². The van der Waals surface area contributed by atoms with Crippen LogP contribution in [0.4, 0.5) is 0 Å². The molecule has 3 nitrogen and oxygen atoms in total. The summed E-state index contributed by atoms with van der Waals surface area (Å²) in [7, 11) is 0. The number of hydrogen-bond donors (Lipinski definition) is 2. The number of hydrogen-bond acceptors (Lipinski definition) is 2. The number of rotatable bonds is 4. The van der Waals surface area contributed by atoms with Gasteiger partial charge in [-0.3, -0.25) is 4.79 Å². The van der Waals surface area contributed by atoms with Crippen LogP contribution < -0.4 is 5.32 Å².